The summed E-state index contributed by atoms with van der Waals surface area (Å²) >= 11 is 0. The van der Waals surface area contributed by atoms with E-state index >= 15 is 0 Å². The van der Waals surface area contributed by atoms with E-state index in [-0.39, 0.29) is 6.04 Å². The van der Waals surface area contributed by atoms with Crippen LogP contribution in [0.1, 0.15) is 12.0 Å². The van der Waals surface area contributed by atoms with Crippen molar-refractivity contribution in [2.45, 2.75) is 24.3 Å². The minimum absolute atomic E-state index is 0.186. The summed E-state index contributed by atoms with van der Waals surface area (Å²) < 4.78 is 27.0. The number of rotatable bonds is 3. The molecule has 0 saturated carbocycles. The molecule has 0 radical (unpaired) electrons. The summed E-state index contributed by atoms with van der Waals surface area (Å²) in [5.41, 5.74) is 0.722. The Hall–Kier alpha value is -1.58. The van der Waals surface area contributed by atoms with E-state index in [2.05, 4.69) is 4.72 Å². The predicted octanol–water partition coefficient (Wildman–Crippen LogP) is 0.829. The summed E-state index contributed by atoms with van der Waals surface area (Å²) in [5, 5.41) is 8.74. The van der Waals surface area contributed by atoms with Crippen LogP contribution in [0.5, 0.6) is 0 Å². The minimum atomic E-state index is -3.49. The van der Waals surface area contributed by atoms with Crippen LogP contribution in [0.3, 0.4) is 0 Å². The molecule has 1 aliphatic heterocycles. The number of benzene rings is 1. The normalized spacial score (nSPS) is 19.8. The van der Waals surface area contributed by atoms with Gasteiger partial charge in [0.05, 0.1) is 4.90 Å². The predicted molar refractivity (Wildman–Crippen MR) is 67.1 cm³/mol. The van der Waals surface area contributed by atoms with E-state index in [1.165, 1.54) is 0 Å². The van der Waals surface area contributed by atoms with Gasteiger partial charge < -0.3 is 4.90 Å². The third-order valence-electron chi connectivity index (χ3n) is 3.03. The SMILES string of the molecule is Cc1ccccc1S(=O)(=O)NC1CCN(C#N)C1. The van der Waals surface area contributed by atoms with E-state index in [1.807, 2.05) is 6.19 Å². The lowest BCUT2D eigenvalue weighted by atomic mass is 10.2. The standard InChI is InChI=1S/C12H15N3O2S/c1-10-4-2-3-5-12(10)18(16,17)14-11-6-7-15(8-11)9-13/h2-5,11,14H,6-8H2,1H3. The average molecular weight is 265 g/mol. The van der Waals surface area contributed by atoms with Crippen molar-refractivity contribution < 1.29 is 8.42 Å². The van der Waals surface area contributed by atoms with Crippen molar-refractivity contribution in [3.8, 4) is 6.19 Å². The zero-order valence-electron chi connectivity index (χ0n) is 10.1. The smallest absolute Gasteiger partial charge is 0.241 e. The summed E-state index contributed by atoms with van der Waals surface area (Å²) in [6.07, 6.45) is 2.69. The van der Waals surface area contributed by atoms with E-state index in [4.69, 9.17) is 5.26 Å². The second-order valence-corrected chi connectivity index (χ2v) is 6.10. The molecule has 0 amide bonds. The van der Waals surface area contributed by atoms with Crippen LogP contribution >= 0.6 is 0 Å². The molecule has 6 heteroatoms. The molecule has 0 aliphatic carbocycles. The molecular weight excluding hydrogens is 250 g/mol. The third kappa shape index (κ3) is 2.63. The first-order valence-electron chi connectivity index (χ1n) is 5.75. The molecule has 1 N–H and O–H groups in total. The second kappa shape index (κ2) is 4.96. The van der Waals surface area contributed by atoms with Crippen LogP contribution in [-0.4, -0.2) is 32.4 Å². The molecule has 0 aromatic heterocycles. The highest BCUT2D eigenvalue weighted by atomic mass is 32.2. The number of likely N-dealkylation sites (tertiary alicyclic amines) is 1. The van der Waals surface area contributed by atoms with Crippen molar-refractivity contribution in [1.29, 1.82) is 5.26 Å². The van der Waals surface area contributed by atoms with E-state index in [0.29, 0.717) is 24.4 Å². The Morgan fingerprint density at radius 1 is 1.44 bits per heavy atom. The lowest BCUT2D eigenvalue weighted by molar-refractivity contribution is 0.470. The lowest BCUT2D eigenvalue weighted by Crippen LogP contribution is -2.36. The lowest BCUT2D eigenvalue weighted by Gasteiger charge is -2.14. The van der Waals surface area contributed by atoms with Gasteiger partial charge in [-0.3, -0.25) is 0 Å². The molecule has 1 heterocycles. The van der Waals surface area contributed by atoms with Crippen molar-refractivity contribution in [2.24, 2.45) is 0 Å². The fourth-order valence-electron chi connectivity index (χ4n) is 2.09. The van der Waals surface area contributed by atoms with Gasteiger partial charge in [0, 0.05) is 19.1 Å². The van der Waals surface area contributed by atoms with Gasteiger partial charge in [0.15, 0.2) is 6.19 Å². The monoisotopic (exact) mass is 265 g/mol. The Kier molecular flexibility index (Phi) is 3.55. The molecule has 1 aromatic rings. The molecule has 1 saturated heterocycles. The maximum atomic E-state index is 12.2. The van der Waals surface area contributed by atoms with Crippen molar-refractivity contribution in [2.75, 3.05) is 13.1 Å². The summed E-state index contributed by atoms with van der Waals surface area (Å²) in [5.74, 6) is 0. The first-order chi connectivity index (χ1) is 8.53. The number of sulfonamides is 1. The maximum absolute atomic E-state index is 12.2. The van der Waals surface area contributed by atoms with E-state index < -0.39 is 10.0 Å². The molecule has 1 fully saturated rings. The quantitative estimate of drug-likeness (QED) is 0.822. The summed E-state index contributed by atoms with van der Waals surface area (Å²) in [4.78, 5) is 1.87. The minimum Gasteiger partial charge on any atom is -0.309 e. The summed E-state index contributed by atoms with van der Waals surface area (Å²) in [7, 11) is -3.49. The topological polar surface area (TPSA) is 73.2 Å². The Labute approximate surface area is 107 Å². The molecule has 0 bridgehead atoms. The Bertz CT molecular complexity index is 577. The third-order valence-corrected chi connectivity index (χ3v) is 4.72. The van der Waals surface area contributed by atoms with Crippen LogP contribution < -0.4 is 4.72 Å². The van der Waals surface area contributed by atoms with Crippen LogP contribution in [-0.2, 0) is 10.0 Å². The molecule has 1 aliphatic rings. The number of hydrogen-bond donors (Lipinski definition) is 1. The zero-order valence-corrected chi connectivity index (χ0v) is 10.9. The molecule has 0 spiro atoms. The molecule has 1 aromatic carbocycles. The first-order valence-corrected chi connectivity index (χ1v) is 7.24. The van der Waals surface area contributed by atoms with Gasteiger partial charge in [0.1, 0.15) is 0 Å². The van der Waals surface area contributed by atoms with Gasteiger partial charge in [-0.1, -0.05) is 18.2 Å². The maximum Gasteiger partial charge on any atom is 0.241 e. The molecule has 96 valence electrons. The second-order valence-electron chi connectivity index (χ2n) is 4.42. The number of hydrogen-bond acceptors (Lipinski definition) is 4. The van der Waals surface area contributed by atoms with Gasteiger partial charge in [-0.2, -0.15) is 5.26 Å². The summed E-state index contributed by atoms with van der Waals surface area (Å²) in [6.45, 7) is 2.82. The van der Waals surface area contributed by atoms with E-state index in [9.17, 15) is 8.42 Å². The average Bonchev–Trinajstić information content (AvgIpc) is 2.76. The number of nitriles is 1. The largest absolute Gasteiger partial charge is 0.309 e. The summed E-state index contributed by atoms with van der Waals surface area (Å²) in [6, 6.07) is 6.69. The van der Waals surface area contributed by atoms with Gasteiger partial charge in [-0.25, -0.2) is 13.1 Å². The van der Waals surface area contributed by atoms with Crippen LogP contribution in [0.2, 0.25) is 0 Å². The number of aryl methyl sites for hydroxylation is 1. The van der Waals surface area contributed by atoms with Gasteiger partial charge in [-0.05, 0) is 25.0 Å². The molecule has 1 unspecified atom stereocenters. The van der Waals surface area contributed by atoms with Crippen LogP contribution in [0.25, 0.3) is 0 Å². The van der Waals surface area contributed by atoms with Gasteiger partial charge in [-0.15, -0.1) is 0 Å². The Balaban J connectivity index is 2.14. The van der Waals surface area contributed by atoms with Crippen LogP contribution in [0.4, 0.5) is 0 Å². The van der Waals surface area contributed by atoms with Crippen LogP contribution in [0.15, 0.2) is 29.2 Å². The molecular formula is C12H15N3O2S. The Morgan fingerprint density at radius 2 is 2.17 bits per heavy atom. The highest BCUT2D eigenvalue weighted by Crippen LogP contribution is 2.16. The molecule has 18 heavy (non-hydrogen) atoms. The first kappa shape index (κ1) is 12.9. The molecule has 2 rings (SSSR count). The van der Waals surface area contributed by atoms with Crippen molar-refractivity contribution >= 4 is 10.0 Å². The van der Waals surface area contributed by atoms with Gasteiger partial charge in [0.25, 0.3) is 0 Å². The highest BCUT2D eigenvalue weighted by molar-refractivity contribution is 7.89. The van der Waals surface area contributed by atoms with E-state index in [1.54, 1.807) is 36.1 Å². The number of nitrogens with zero attached hydrogens (tertiary/aromatic N) is 2. The molecule has 1 atom stereocenters. The number of nitrogens with one attached hydrogen (secondary N) is 1. The van der Waals surface area contributed by atoms with Gasteiger partial charge >= 0.3 is 0 Å². The van der Waals surface area contributed by atoms with Crippen molar-refractivity contribution in [3.05, 3.63) is 29.8 Å². The van der Waals surface area contributed by atoms with Gasteiger partial charge in [0.2, 0.25) is 10.0 Å². The van der Waals surface area contributed by atoms with Crippen LogP contribution in [0, 0.1) is 18.4 Å². The highest BCUT2D eigenvalue weighted by Gasteiger charge is 2.27. The van der Waals surface area contributed by atoms with Crippen molar-refractivity contribution in [1.82, 2.24) is 9.62 Å². The zero-order chi connectivity index (χ0) is 13.2. The Morgan fingerprint density at radius 3 is 2.78 bits per heavy atom. The fraction of sp³-hybridized carbons (Fsp3) is 0.417. The van der Waals surface area contributed by atoms with E-state index in [0.717, 1.165) is 5.56 Å². The molecule has 5 nitrogen and oxygen atoms in total. The van der Waals surface area contributed by atoms with Crippen molar-refractivity contribution in [3.63, 3.8) is 0 Å². The fourth-order valence-corrected chi connectivity index (χ4v) is 3.60.